The van der Waals surface area contributed by atoms with E-state index in [4.69, 9.17) is 10.00 Å². The number of anilines is 1. The highest BCUT2D eigenvalue weighted by molar-refractivity contribution is 7.92. The fourth-order valence-electron chi connectivity index (χ4n) is 2.85. The molecule has 0 aliphatic rings. The molecule has 30 heavy (non-hydrogen) atoms. The van der Waals surface area contributed by atoms with Crippen molar-refractivity contribution in [2.24, 2.45) is 0 Å². The highest BCUT2D eigenvalue weighted by Gasteiger charge is 2.21. The number of nitrogens with one attached hydrogen (secondary N) is 1. The van der Waals surface area contributed by atoms with Crippen LogP contribution in [0.25, 0.3) is 0 Å². The van der Waals surface area contributed by atoms with E-state index in [-0.39, 0.29) is 22.8 Å². The zero-order valence-corrected chi connectivity index (χ0v) is 17.4. The van der Waals surface area contributed by atoms with Gasteiger partial charge in [0.2, 0.25) is 0 Å². The van der Waals surface area contributed by atoms with Crippen molar-refractivity contribution in [1.29, 1.82) is 5.26 Å². The van der Waals surface area contributed by atoms with Crippen molar-refractivity contribution in [3.63, 3.8) is 0 Å². The number of aryl methyl sites for hydroxylation is 2. The summed E-state index contributed by atoms with van der Waals surface area (Å²) in [5.74, 6) is -0.654. The fraction of sp³-hybridized carbons (Fsp3) is 0.130. The van der Waals surface area contributed by atoms with E-state index >= 15 is 0 Å². The van der Waals surface area contributed by atoms with Crippen LogP contribution in [0.5, 0.6) is 0 Å². The van der Waals surface area contributed by atoms with Crippen molar-refractivity contribution in [1.82, 2.24) is 0 Å². The molecule has 3 aromatic carbocycles. The predicted molar refractivity (Wildman–Crippen MR) is 113 cm³/mol. The maximum atomic E-state index is 12.9. The van der Waals surface area contributed by atoms with Gasteiger partial charge in [0, 0.05) is 0 Å². The van der Waals surface area contributed by atoms with Crippen LogP contribution < -0.4 is 4.72 Å². The summed E-state index contributed by atoms with van der Waals surface area (Å²) in [6.45, 7) is 3.53. The van der Waals surface area contributed by atoms with Crippen molar-refractivity contribution in [2.75, 3.05) is 4.72 Å². The van der Waals surface area contributed by atoms with Crippen LogP contribution in [0.4, 0.5) is 5.69 Å². The summed E-state index contributed by atoms with van der Waals surface area (Å²) in [6, 6.07) is 20.1. The molecule has 0 heterocycles. The molecule has 3 rings (SSSR count). The lowest BCUT2D eigenvalue weighted by Crippen LogP contribution is -2.17. The van der Waals surface area contributed by atoms with E-state index in [1.54, 1.807) is 55.5 Å². The standard InChI is InChI=1S/C23H20N2O4S/c1-16-7-8-17(2)22(13-16)30(27,28)25-21-6-4-3-5-20(21)23(26)29-15-19-11-9-18(14-24)10-12-19/h3-13,25H,15H2,1-2H3. The van der Waals surface area contributed by atoms with Gasteiger partial charge in [-0.1, -0.05) is 36.4 Å². The maximum absolute atomic E-state index is 12.9. The number of esters is 1. The van der Waals surface area contributed by atoms with Crippen LogP contribution in [-0.2, 0) is 21.4 Å². The summed E-state index contributed by atoms with van der Waals surface area (Å²) in [6.07, 6.45) is 0. The van der Waals surface area contributed by atoms with Gasteiger partial charge in [-0.3, -0.25) is 4.72 Å². The van der Waals surface area contributed by atoms with E-state index in [1.165, 1.54) is 12.1 Å². The summed E-state index contributed by atoms with van der Waals surface area (Å²) < 4.78 is 33.6. The number of carbonyl (C=O) groups is 1. The summed E-state index contributed by atoms with van der Waals surface area (Å²) in [5.41, 5.74) is 2.90. The molecule has 0 spiro atoms. The Morgan fingerprint density at radius 2 is 1.73 bits per heavy atom. The molecule has 0 aliphatic heterocycles. The molecule has 7 heteroatoms. The number of hydrogen-bond donors (Lipinski definition) is 1. The van der Waals surface area contributed by atoms with Crippen molar-refractivity contribution in [3.05, 3.63) is 94.5 Å². The zero-order chi connectivity index (χ0) is 21.7. The van der Waals surface area contributed by atoms with E-state index in [0.717, 1.165) is 11.1 Å². The molecule has 0 atom stereocenters. The molecule has 0 fully saturated rings. The van der Waals surface area contributed by atoms with Crippen LogP contribution in [0.3, 0.4) is 0 Å². The van der Waals surface area contributed by atoms with Crippen LogP contribution in [0.15, 0.2) is 71.6 Å². The first-order chi connectivity index (χ1) is 14.3. The Hall–Kier alpha value is -3.63. The summed E-state index contributed by atoms with van der Waals surface area (Å²) in [4.78, 5) is 12.8. The molecule has 0 saturated heterocycles. The molecule has 3 aromatic rings. The Balaban J connectivity index is 1.80. The smallest absolute Gasteiger partial charge is 0.340 e. The number of rotatable bonds is 6. The number of para-hydroxylation sites is 1. The molecule has 0 bridgehead atoms. The van der Waals surface area contributed by atoms with E-state index < -0.39 is 16.0 Å². The van der Waals surface area contributed by atoms with Crippen LogP contribution in [0, 0.1) is 25.2 Å². The normalized spacial score (nSPS) is 10.8. The lowest BCUT2D eigenvalue weighted by molar-refractivity contribution is 0.0474. The molecule has 0 radical (unpaired) electrons. The Bertz CT molecular complexity index is 1230. The Morgan fingerprint density at radius 3 is 2.43 bits per heavy atom. The highest BCUT2D eigenvalue weighted by atomic mass is 32.2. The first kappa shape index (κ1) is 21.1. The predicted octanol–water partition coefficient (Wildman–Crippen LogP) is 4.33. The Labute approximate surface area is 175 Å². The maximum Gasteiger partial charge on any atom is 0.340 e. The van der Waals surface area contributed by atoms with E-state index in [9.17, 15) is 13.2 Å². The van der Waals surface area contributed by atoms with E-state index in [0.29, 0.717) is 11.1 Å². The summed E-state index contributed by atoms with van der Waals surface area (Å²) in [7, 11) is -3.89. The Kier molecular flexibility index (Phi) is 6.19. The van der Waals surface area contributed by atoms with Crippen LogP contribution >= 0.6 is 0 Å². The molecule has 152 valence electrons. The molecular weight excluding hydrogens is 400 g/mol. The fourth-order valence-corrected chi connectivity index (χ4v) is 4.26. The number of nitrogens with zero attached hydrogens (tertiary/aromatic N) is 1. The molecule has 0 saturated carbocycles. The van der Waals surface area contributed by atoms with Gasteiger partial charge in [-0.05, 0) is 60.9 Å². The third-order valence-corrected chi connectivity index (χ3v) is 5.98. The molecule has 1 N–H and O–H groups in total. The van der Waals surface area contributed by atoms with Gasteiger partial charge >= 0.3 is 5.97 Å². The minimum Gasteiger partial charge on any atom is -0.457 e. The SMILES string of the molecule is Cc1ccc(C)c(S(=O)(=O)Nc2ccccc2C(=O)OCc2ccc(C#N)cc2)c1. The number of benzene rings is 3. The molecule has 0 aliphatic carbocycles. The highest BCUT2D eigenvalue weighted by Crippen LogP contribution is 2.24. The van der Waals surface area contributed by atoms with Gasteiger partial charge in [-0.15, -0.1) is 0 Å². The molecule has 0 amide bonds. The van der Waals surface area contributed by atoms with Gasteiger partial charge in [-0.2, -0.15) is 5.26 Å². The first-order valence-corrected chi connectivity index (χ1v) is 10.6. The first-order valence-electron chi connectivity index (χ1n) is 9.15. The summed E-state index contributed by atoms with van der Waals surface area (Å²) in [5, 5.41) is 8.84. The second-order valence-corrected chi connectivity index (χ2v) is 8.46. The Morgan fingerprint density at radius 1 is 1.03 bits per heavy atom. The van der Waals surface area contributed by atoms with Gasteiger partial charge in [0.15, 0.2) is 0 Å². The van der Waals surface area contributed by atoms with Gasteiger partial charge in [0.1, 0.15) is 6.61 Å². The average molecular weight is 420 g/mol. The topological polar surface area (TPSA) is 96.3 Å². The van der Waals surface area contributed by atoms with Crippen molar-refractivity contribution in [3.8, 4) is 6.07 Å². The van der Waals surface area contributed by atoms with Gasteiger partial charge < -0.3 is 4.74 Å². The molecule has 0 unspecified atom stereocenters. The number of carbonyl (C=O) groups excluding carboxylic acids is 1. The van der Waals surface area contributed by atoms with Crippen LogP contribution in [0.1, 0.15) is 32.6 Å². The largest absolute Gasteiger partial charge is 0.457 e. The van der Waals surface area contributed by atoms with Crippen molar-refractivity contribution in [2.45, 2.75) is 25.3 Å². The van der Waals surface area contributed by atoms with Gasteiger partial charge in [0.05, 0.1) is 27.8 Å². The third-order valence-electron chi connectivity index (χ3n) is 4.48. The molecular formula is C23H20N2O4S. The number of ether oxygens (including phenoxy) is 1. The number of hydrogen-bond acceptors (Lipinski definition) is 5. The zero-order valence-electron chi connectivity index (χ0n) is 16.5. The average Bonchev–Trinajstić information content (AvgIpc) is 2.74. The van der Waals surface area contributed by atoms with Crippen LogP contribution in [-0.4, -0.2) is 14.4 Å². The second kappa shape index (κ2) is 8.80. The van der Waals surface area contributed by atoms with Gasteiger partial charge in [-0.25, -0.2) is 13.2 Å². The lowest BCUT2D eigenvalue weighted by Gasteiger charge is -2.14. The monoisotopic (exact) mass is 420 g/mol. The van der Waals surface area contributed by atoms with Crippen molar-refractivity contribution >= 4 is 21.7 Å². The minimum atomic E-state index is -3.89. The van der Waals surface area contributed by atoms with Crippen molar-refractivity contribution < 1.29 is 17.9 Å². The number of nitriles is 1. The van der Waals surface area contributed by atoms with E-state index in [2.05, 4.69) is 4.72 Å². The lowest BCUT2D eigenvalue weighted by atomic mass is 10.1. The number of sulfonamides is 1. The summed E-state index contributed by atoms with van der Waals surface area (Å²) >= 11 is 0. The molecule has 6 nitrogen and oxygen atoms in total. The van der Waals surface area contributed by atoms with E-state index in [1.807, 2.05) is 19.1 Å². The van der Waals surface area contributed by atoms with Crippen LogP contribution in [0.2, 0.25) is 0 Å². The minimum absolute atomic E-state index is 0.00259. The quantitative estimate of drug-likeness (QED) is 0.599. The third kappa shape index (κ3) is 4.85. The molecule has 0 aromatic heterocycles. The second-order valence-electron chi connectivity index (χ2n) is 6.80. The van der Waals surface area contributed by atoms with Gasteiger partial charge in [0.25, 0.3) is 10.0 Å².